The van der Waals surface area contributed by atoms with E-state index in [0.29, 0.717) is 22.8 Å². The molecule has 1 aromatic heterocycles. The molecule has 1 N–H and O–H groups in total. The summed E-state index contributed by atoms with van der Waals surface area (Å²) in [7, 11) is 1.84. The molecule has 0 spiro atoms. The summed E-state index contributed by atoms with van der Waals surface area (Å²) in [5, 5.41) is 4.01. The lowest BCUT2D eigenvalue weighted by Gasteiger charge is -2.36. The van der Waals surface area contributed by atoms with Crippen LogP contribution in [0.2, 0.25) is 5.02 Å². The number of piperazine rings is 1. The number of aryl methyl sites for hydroxylation is 1. The van der Waals surface area contributed by atoms with Crippen LogP contribution in [0.1, 0.15) is 24.3 Å². The first-order valence-corrected chi connectivity index (χ1v) is 6.22. The van der Waals surface area contributed by atoms with Crippen molar-refractivity contribution in [3.8, 4) is 0 Å². The quantitative estimate of drug-likeness (QED) is 0.826. The van der Waals surface area contributed by atoms with Gasteiger partial charge in [-0.15, -0.1) is 0 Å². The van der Waals surface area contributed by atoms with Crippen molar-refractivity contribution < 1.29 is 4.79 Å². The molecule has 1 amide bonds. The molecule has 94 valence electrons. The Morgan fingerprint density at radius 2 is 2.00 bits per heavy atom. The van der Waals surface area contributed by atoms with Gasteiger partial charge in [-0.05, 0) is 19.9 Å². The molecule has 0 bridgehead atoms. The third kappa shape index (κ3) is 2.64. The molecule has 17 heavy (non-hydrogen) atoms. The number of carbonyl (C=O) groups is 1. The van der Waals surface area contributed by atoms with Crippen LogP contribution in [-0.4, -0.2) is 40.5 Å². The van der Waals surface area contributed by atoms with E-state index in [-0.39, 0.29) is 5.91 Å². The Morgan fingerprint density at radius 1 is 1.41 bits per heavy atom. The van der Waals surface area contributed by atoms with Crippen LogP contribution in [-0.2, 0) is 7.05 Å². The summed E-state index contributed by atoms with van der Waals surface area (Å²) >= 11 is 5.90. The maximum atomic E-state index is 12.3. The minimum atomic E-state index is 0.0552. The van der Waals surface area contributed by atoms with E-state index in [9.17, 15) is 4.79 Å². The molecule has 1 saturated heterocycles. The van der Waals surface area contributed by atoms with Crippen molar-refractivity contribution in [3.63, 3.8) is 0 Å². The molecule has 0 unspecified atom stereocenters. The van der Waals surface area contributed by atoms with Gasteiger partial charge in [-0.25, -0.2) is 0 Å². The lowest BCUT2D eigenvalue weighted by Crippen LogP contribution is -2.56. The Labute approximate surface area is 107 Å². The topological polar surface area (TPSA) is 37.3 Å². The Kier molecular flexibility index (Phi) is 3.45. The van der Waals surface area contributed by atoms with Crippen molar-refractivity contribution in [3.05, 3.63) is 23.0 Å². The predicted octanol–water partition coefficient (Wildman–Crippen LogP) is 1.50. The highest BCUT2D eigenvalue weighted by atomic mass is 35.5. The molecule has 2 atom stereocenters. The molecule has 0 aromatic carbocycles. The van der Waals surface area contributed by atoms with Crippen LogP contribution in [0.5, 0.6) is 0 Å². The van der Waals surface area contributed by atoms with Gasteiger partial charge >= 0.3 is 0 Å². The summed E-state index contributed by atoms with van der Waals surface area (Å²) in [6.45, 7) is 5.67. The van der Waals surface area contributed by atoms with Gasteiger partial charge in [0.1, 0.15) is 5.69 Å². The average molecular weight is 256 g/mol. The Hall–Kier alpha value is -1.00. The van der Waals surface area contributed by atoms with E-state index in [1.165, 1.54) is 0 Å². The summed E-state index contributed by atoms with van der Waals surface area (Å²) in [5.41, 5.74) is 0.649. The Balaban J connectivity index is 2.17. The molecular formula is C12H18ClN3O. The highest BCUT2D eigenvalue weighted by molar-refractivity contribution is 6.31. The molecule has 4 nitrogen and oxygen atoms in total. The van der Waals surface area contributed by atoms with Gasteiger partial charge in [-0.2, -0.15) is 0 Å². The van der Waals surface area contributed by atoms with Gasteiger partial charge in [0, 0.05) is 38.4 Å². The third-order valence-electron chi connectivity index (χ3n) is 3.04. The second-order valence-corrected chi connectivity index (χ2v) is 5.27. The van der Waals surface area contributed by atoms with Crippen LogP contribution in [0, 0.1) is 0 Å². The van der Waals surface area contributed by atoms with Gasteiger partial charge in [0.05, 0.1) is 5.02 Å². The zero-order chi connectivity index (χ0) is 12.6. The van der Waals surface area contributed by atoms with Crippen LogP contribution in [0.25, 0.3) is 0 Å². The monoisotopic (exact) mass is 255 g/mol. The molecule has 1 aliphatic heterocycles. The molecule has 1 aromatic rings. The first kappa shape index (κ1) is 12.5. The fourth-order valence-corrected chi connectivity index (χ4v) is 2.64. The SMILES string of the molecule is C[C@H]1CN(C(=O)c2cc(Cl)cn2C)C[C@H](C)N1. The van der Waals surface area contributed by atoms with Crippen molar-refractivity contribution in [2.24, 2.45) is 7.05 Å². The van der Waals surface area contributed by atoms with Gasteiger partial charge in [0.15, 0.2) is 0 Å². The largest absolute Gasteiger partial charge is 0.345 e. The summed E-state index contributed by atoms with van der Waals surface area (Å²) in [6.07, 6.45) is 1.75. The number of aromatic nitrogens is 1. The lowest BCUT2D eigenvalue weighted by atomic mass is 10.1. The molecular weight excluding hydrogens is 238 g/mol. The summed E-state index contributed by atoms with van der Waals surface area (Å²) in [4.78, 5) is 14.2. The highest BCUT2D eigenvalue weighted by Gasteiger charge is 2.26. The molecule has 0 aliphatic carbocycles. The maximum absolute atomic E-state index is 12.3. The first-order valence-electron chi connectivity index (χ1n) is 5.84. The second kappa shape index (κ2) is 4.70. The molecule has 5 heteroatoms. The van der Waals surface area contributed by atoms with E-state index in [0.717, 1.165) is 13.1 Å². The number of nitrogens with zero attached hydrogens (tertiary/aromatic N) is 2. The summed E-state index contributed by atoms with van der Waals surface area (Å²) < 4.78 is 1.78. The molecule has 2 heterocycles. The maximum Gasteiger partial charge on any atom is 0.270 e. The fourth-order valence-electron chi connectivity index (χ4n) is 2.39. The van der Waals surface area contributed by atoms with Crippen molar-refractivity contribution in [2.45, 2.75) is 25.9 Å². The zero-order valence-corrected chi connectivity index (χ0v) is 11.2. The number of amides is 1. The highest BCUT2D eigenvalue weighted by Crippen LogP contribution is 2.16. The predicted molar refractivity (Wildman–Crippen MR) is 68.4 cm³/mol. The average Bonchev–Trinajstić information content (AvgIpc) is 2.55. The van der Waals surface area contributed by atoms with Crippen LogP contribution in [0.4, 0.5) is 0 Å². The zero-order valence-electron chi connectivity index (χ0n) is 10.4. The molecule has 0 radical (unpaired) electrons. The third-order valence-corrected chi connectivity index (χ3v) is 3.24. The number of rotatable bonds is 1. The normalized spacial score (nSPS) is 25.1. The second-order valence-electron chi connectivity index (χ2n) is 4.83. The Morgan fingerprint density at radius 3 is 2.47 bits per heavy atom. The lowest BCUT2D eigenvalue weighted by molar-refractivity contribution is 0.0664. The van der Waals surface area contributed by atoms with Crippen molar-refractivity contribution in [1.29, 1.82) is 0 Å². The smallest absolute Gasteiger partial charge is 0.270 e. The number of hydrogen-bond acceptors (Lipinski definition) is 2. The summed E-state index contributed by atoms with van der Waals surface area (Å²) in [6, 6.07) is 2.39. The van der Waals surface area contributed by atoms with Crippen LogP contribution < -0.4 is 5.32 Å². The van der Waals surface area contributed by atoms with Gasteiger partial charge in [-0.3, -0.25) is 4.79 Å². The minimum absolute atomic E-state index is 0.0552. The van der Waals surface area contributed by atoms with Crippen LogP contribution >= 0.6 is 11.6 Å². The molecule has 2 rings (SSSR count). The van der Waals surface area contributed by atoms with Crippen LogP contribution in [0.15, 0.2) is 12.3 Å². The molecule has 1 fully saturated rings. The molecule has 1 aliphatic rings. The number of nitrogens with one attached hydrogen (secondary N) is 1. The number of halogens is 1. The minimum Gasteiger partial charge on any atom is -0.345 e. The van der Waals surface area contributed by atoms with Gasteiger partial charge in [0.2, 0.25) is 0 Å². The Bertz CT molecular complexity index is 419. The van der Waals surface area contributed by atoms with E-state index in [1.54, 1.807) is 16.8 Å². The van der Waals surface area contributed by atoms with E-state index < -0.39 is 0 Å². The van der Waals surface area contributed by atoms with E-state index in [4.69, 9.17) is 11.6 Å². The molecule has 0 saturated carbocycles. The van der Waals surface area contributed by atoms with Crippen molar-refractivity contribution in [2.75, 3.05) is 13.1 Å². The van der Waals surface area contributed by atoms with Crippen molar-refractivity contribution >= 4 is 17.5 Å². The summed E-state index contributed by atoms with van der Waals surface area (Å²) in [5.74, 6) is 0.0552. The van der Waals surface area contributed by atoms with E-state index >= 15 is 0 Å². The van der Waals surface area contributed by atoms with E-state index in [1.807, 2.05) is 11.9 Å². The van der Waals surface area contributed by atoms with Crippen LogP contribution in [0.3, 0.4) is 0 Å². The van der Waals surface area contributed by atoms with Gasteiger partial charge < -0.3 is 14.8 Å². The first-order chi connectivity index (χ1) is 7.97. The fraction of sp³-hybridized carbons (Fsp3) is 0.583. The van der Waals surface area contributed by atoms with Gasteiger partial charge in [0.25, 0.3) is 5.91 Å². The van der Waals surface area contributed by atoms with E-state index in [2.05, 4.69) is 19.2 Å². The number of hydrogen-bond donors (Lipinski definition) is 1. The standard InChI is InChI=1S/C12H18ClN3O/c1-8-5-16(6-9(2)14-8)12(17)11-4-10(13)7-15(11)3/h4,7-9,14H,5-6H2,1-3H3/t8-,9-/m0/s1. The van der Waals surface area contributed by atoms with Gasteiger partial charge in [-0.1, -0.05) is 11.6 Å². The number of carbonyl (C=O) groups excluding carboxylic acids is 1. The van der Waals surface area contributed by atoms with Crippen molar-refractivity contribution in [1.82, 2.24) is 14.8 Å².